The fourth-order valence-corrected chi connectivity index (χ4v) is 4.71. The van der Waals surface area contributed by atoms with Crippen LogP contribution < -0.4 is 16.1 Å². The summed E-state index contributed by atoms with van der Waals surface area (Å²) in [6.07, 6.45) is 2.84. The lowest BCUT2D eigenvalue weighted by molar-refractivity contribution is -0.159. The van der Waals surface area contributed by atoms with Crippen molar-refractivity contribution in [2.24, 2.45) is 11.1 Å². The van der Waals surface area contributed by atoms with Crippen molar-refractivity contribution in [3.05, 3.63) is 42.7 Å². The molecule has 1 aromatic heterocycles. The van der Waals surface area contributed by atoms with Gasteiger partial charge in [-0.05, 0) is 37.3 Å². The number of nitrogens with one attached hydrogen (secondary N) is 3. The molecule has 1 aromatic rings. The summed E-state index contributed by atoms with van der Waals surface area (Å²) in [7, 11) is 0. The van der Waals surface area contributed by atoms with Gasteiger partial charge in [-0.15, -0.1) is 0 Å². The summed E-state index contributed by atoms with van der Waals surface area (Å²) >= 11 is 0. The molecule has 250 valence electrons. The van der Waals surface area contributed by atoms with E-state index in [1.807, 2.05) is 13.8 Å². The average molecular weight is 643 g/mol. The standard InChI is InChI=1S/C31H42N6O9/c1-4-16-44-29(41)11-10-22(25(38)19-45-31(43)26-18-23(36-46-26)21-8-5-6-13-32-21)35-30(42)24-9-7-14-34-37(24)28(40)12-15-33-27(39)17-20(2)3/h4-6,8,13,20,22,24,26,34H,1,7,9-12,14-19H2,2-3H3,(H,33,39)(H,35,42). The highest BCUT2D eigenvalue weighted by atomic mass is 16.7. The van der Waals surface area contributed by atoms with Crippen LogP contribution in [0.2, 0.25) is 0 Å². The van der Waals surface area contributed by atoms with Crippen molar-refractivity contribution >= 4 is 41.2 Å². The number of Topliss-reactive ketones (excluding diaryl/α,β-unsaturated/α-hetero) is 1. The minimum atomic E-state index is -1.23. The predicted molar refractivity (Wildman–Crippen MR) is 164 cm³/mol. The van der Waals surface area contributed by atoms with Crippen LogP contribution in [0.4, 0.5) is 0 Å². The van der Waals surface area contributed by atoms with Crippen LogP contribution in [0.1, 0.15) is 64.5 Å². The van der Waals surface area contributed by atoms with Gasteiger partial charge in [0.2, 0.25) is 23.8 Å². The van der Waals surface area contributed by atoms with Crippen LogP contribution >= 0.6 is 0 Å². The molecule has 1 saturated heterocycles. The second-order valence-electron chi connectivity index (χ2n) is 11.2. The minimum absolute atomic E-state index is 0.0197. The summed E-state index contributed by atoms with van der Waals surface area (Å²) in [5.41, 5.74) is 3.92. The van der Waals surface area contributed by atoms with E-state index in [-0.39, 0.29) is 50.7 Å². The van der Waals surface area contributed by atoms with Gasteiger partial charge in [-0.3, -0.25) is 34.0 Å². The Morgan fingerprint density at radius 3 is 2.70 bits per heavy atom. The predicted octanol–water partition coefficient (Wildman–Crippen LogP) is 0.729. The summed E-state index contributed by atoms with van der Waals surface area (Å²) in [5.74, 6) is -3.13. The molecule has 0 saturated carbocycles. The lowest BCUT2D eigenvalue weighted by Crippen LogP contribution is -2.60. The van der Waals surface area contributed by atoms with E-state index in [1.165, 1.54) is 11.1 Å². The molecule has 0 bridgehead atoms. The fourth-order valence-electron chi connectivity index (χ4n) is 4.71. The van der Waals surface area contributed by atoms with Gasteiger partial charge in [-0.25, -0.2) is 10.2 Å². The molecule has 3 unspecified atom stereocenters. The zero-order chi connectivity index (χ0) is 33.5. The molecule has 3 heterocycles. The van der Waals surface area contributed by atoms with Crippen molar-refractivity contribution in [3.8, 4) is 0 Å². The number of esters is 2. The molecule has 2 aliphatic rings. The maximum absolute atomic E-state index is 13.4. The van der Waals surface area contributed by atoms with Crippen molar-refractivity contribution in [1.29, 1.82) is 0 Å². The second kappa shape index (κ2) is 18.3. The van der Waals surface area contributed by atoms with Crippen LogP contribution in [0.25, 0.3) is 0 Å². The molecular formula is C31H42N6O9. The summed E-state index contributed by atoms with van der Waals surface area (Å²) in [6, 6.07) is 3.05. The van der Waals surface area contributed by atoms with Gasteiger partial charge in [0.25, 0.3) is 0 Å². The third-order valence-electron chi connectivity index (χ3n) is 7.03. The Morgan fingerprint density at radius 1 is 1.17 bits per heavy atom. The van der Waals surface area contributed by atoms with Crippen LogP contribution in [0.15, 0.2) is 42.2 Å². The number of carbonyl (C=O) groups is 6. The van der Waals surface area contributed by atoms with Gasteiger partial charge >= 0.3 is 11.9 Å². The number of ether oxygens (including phenoxy) is 2. The highest BCUT2D eigenvalue weighted by molar-refractivity contribution is 6.02. The normalized spacial score (nSPS) is 18.1. The SMILES string of the molecule is C=CCOC(=O)CCC(NC(=O)C1CCCNN1C(=O)CCNC(=O)CC(C)C)C(=O)COC(=O)C1CC(c2ccccn2)=NO1. The lowest BCUT2D eigenvalue weighted by Gasteiger charge is -2.36. The fraction of sp³-hybridized carbons (Fsp3) is 0.548. The number of aromatic nitrogens is 1. The molecular weight excluding hydrogens is 600 g/mol. The Hall–Kier alpha value is -4.66. The number of amides is 3. The Morgan fingerprint density at radius 2 is 1.98 bits per heavy atom. The zero-order valence-electron chi connectivity index (χ0n) is 26.2. The second-order valence-corrected chi connectivity index (χ2v) is 11.2. The minimum Gasteiger partial charge on any atom is -0.461 e. The van der Waals surface area contributed by atoms with Gasteiger partial charge in [0.05, 0.1) is 11.7 Å². The molecule has 3 rings (SSSR count). The number of pyridine rings is 1. The van der Waals surface area contributed by atoms with Crippen molar-refractivity contribution in [2.75, 3.05) is 26.3 Å². The number of nitrogens with zero attached hydrogens (tertiary/aromatic N) is 3. The first-order valence-corrected chi connectivity index (χ1v) is 15.3. The summed E-state index contributed by atoms with van der Waals surface area (Å²) in [6.45, 7) is 7.15. The van der Waals surface area contributed by atoms with Crippen molar-refractivity contribution in [2.45, 2.75) is 77.0 Å². The smallest absolute Gasteiger partial charge is 0.351 e. The quantitative estimate of drug-likeness (QED) is 0.160. The number of hydrogen-bond donors (Lipinski definition) is 3. The number of ketones is 1. The number of hydrazine groups is 1. The van der Waals surface area contributed by atoms with Crippen LogP contribution in [0.3, 0.4) is 0 Å². The molecule has 46 heavy (non-hydrogen) atoms. The summed E-state index contributed by atoms with van der Waals surface area (Å²) in [5, 5.41) is 10.4. The Balaban J connectivity index is 1.59. The molecule has 3 N–H and O–H groups in total. The maximum Gasteiger partial charge on any atom is 0.351 e. The summed E-state index contributed by atoms with van der Waals surface area (Å²) in [4.78, 5) is 85.7. The zero-order valence-corrected chi connectivity index (χ0v) is 26.2. The molecule has 0 aliphatic carbocycles. The molecule has 0 spiro atoms. The van der Waals surface area contributed by atoms with Crippen LogP contribution in [-0.4, -0.2) is 95.6 Å². The van der Waals surface area contributed by atoms with E-state index in [1.54, 1.807) is 24.4 Å². The van der Waals surface area contributed by atoms with Crippen LogP contribution in [-0.2, 0) is 43.1 Å². The van der Waals surface area contributed by atoms with Gasteiger partial charge < -0.3 is 24.9 Å². The number of carbonyl (C=O) groups excluding carboxylic acids is 6. The topological polar surface area (TPSA) is 195 Å². The van der Waals surface area contributed by atoms with E-state index in [9.17, 15) is 28.8 Å². The van der Waals surface area contributed by atoms with E-state index >= 15 is 0 Å². The highest BCUT2D eigenvalue weighted by Crippen LogP contribution is 2.17. The first-order valence-electron chi connectivity index (χ1n) is 15.3. The monoisotopic (exact) mass is 642 g/mol. The Labute approximate surface area is 267 Å². The number of rotatable bonds is 17. The van der Waals surface area contributed by atoms with Crippen LogP contribution in [0.5, 0.6) is 0 Å². The highest BCUT2D eigenvalue weighted by Gasteiger charge is 2.36. The maximum atomic E-state index is 13.4. The van der Waals surface area contributed by atoms with Crippen molar-refractivity contribution in [1.82, 2.24) is 26.1 Å². The summed E-state index contributed by atoms with van der Waals surface area (Å²) < 4.78 is 10.2. The first-order chi connectivity index (χ1) is 22.1. The van der Waals surface area contributed by atoms with E-state index in [2.05, 4.69) is 32.8 Å². The molecule has 15 nitrogen and oxygen atoms in total. The largest absolute Gasteiger partial charge is 0.461 e. The van der Waals surface area contributed by atoms with E-state index in [0.717, 1.165) is 0 Å². The average Bonchev–Trinajstić information content (AvgIpc) is 3.55. The molecule has 1 fully saturated rings. The molecule has 3 atom stereocenters. The lowest BCUT2D eigenvalue weighted by atomic mass is 10.0. The van der Waals surface area contributed by atoms with Crippen molar-refractivity contribution in [3.63, 3.8) is 0 Å². The van der Waals surface area contributed by atoms with Gasteiger partial charge in [0.15, 0.2) is 12.4 Å². The molecule has 0 radical (unpaired) electrons. The number of hydrogen-bond acceptors (Lipinski definition) is 12. The Bertz CT molecular complexity index is 1290. The van der Waals surface area contributed by atoms with E-state index < -0.39 is 54.3 Å². The third-order valence-corrected chi connectivity index (χ3v) is 7.03. The number of oxime groups is 1. The van der Waals surface area contributed by atoms with Crippen LogP contribution in [0, 0.1) is 5.92 Å². The van der Waals surface area contributed by atoms with Crippen molar-refractivity contribution < 1.29 is 43.1 Å². The molecule has 0 aromatic carbocycles. The third kappa shape index (κ3) is 11.4. The molecule has 15 heteroatoms. The molecule has 3 amide bonds. The first kappa shape index (κ1) is 35.8. The van der Waals surface area contributed by atoms with E-state index in [4.69, 9.17) is 14.3 Å². The van der Waals surface area contributed by atoms with Gasteiger partial charge in [-0.2, -0.15) is 0 Å². The van der Waals surface area contributed by atoms with Gasteiger partial charge in [0, 0.05) is 45.0 Å². The van der Waals surface area contributed by atoms with Gasteiger partial charge in [-0.1, -0.05) is 37.7 Å². The molecule has 2 aliphatic heterocycles. The Kier molecular flexibility index (Phi) is 14.3. The van der Waals surface area contributed by atoms with E-state index in [0.29, 0.717) is 37.2 Å². The van der Waals surface area contributed by atoms with Gasteiger partial charge in [0.1, 0.15) is 18.4 Å².